The summed E-state index contributed by atoms with van der Waals surface area (Å²) in [5, 5.41) is 0. The van der Waals surface area contributed by atoms with Crippen LogP contribution in [0.1, 0.15) is 18.2 Å². The van der Waals surface area contributed by atoms with Gasteiger partial charge in [-0.05, 0) is 42.3 Å². The number of methoxy groups -OCH3 is 1. The number of rotatable bonds is 6. The molecule has 0 aliphatic heterocycles. The smallest absolute Gasteiger partial charge is 0.243 e. The molecular weight excluding hydrogens is 290 g/mol. The molecule has 0 saturated heterocycles. The van der Waals surface area contributed by atoms with Gasteiger partial charge in [-0.2, -0.15) is 4.31 Å². The summed E-state index contributed by atoms with van der Waals surface area (Å²) in [5.74, 6) is 1.30. The summed E-state index contributed by atoms with van der Waals surface area (Å²) in [7, 11) is -0.444. The Labute approximate surface area is 125 Å². The van der Waals surface area contributed by atoms with Crippen molar-refractivity contribution >= 4 is 10.0 Å². The molecule has 0 amide bonds. The highest BCUT2D eigenvalue weighted by atomic mass is 32.2. The molecule has 2 rings (SSSR count). The normalized spacial score (nSPS) is 11.8. The predicted molar refractivity (Wildman–Crippen MR) is 79.7 cm³/mol. The second-order valence-corrected chi connectivity index (χ2v) is 6.71. The molecule has 0 atom stereocenters. The van der Waals surface area contributed by atoms with Gasteiger partial charge in [-0.1, -0.05) is 6.92 Å². The fourth-order valence-electron chi connectivity index (χ4n) is 2.08. The molecule has 0 aliphatic carbocycles. The summed E-state index contributed by atoms with van der Waals surface area (Å²) in [4.78, 5) is 0.259. The minimum absolute atomic E-state index is 0.197. The Morgan fingerprint density at radius 3 is 2.62 bits per heavy atom. The highest BCUT2D eigenvalue weighted by Gasteiger charge is 2.22. The van der Waals surface area contributed by atoms with E-state index in [-0.39, 0.29) is 11.4 Å². The number of aryl methyl sites for hydroxylation is 1. The fraction of sp³-hybridized carbons (Fsp3) is 0.333. The number of ether oxygens (including phenoxy) is 1. The Balaban J connectivity index is 2.30. The second kappa shape index (κ2) is 6.32. The van der Waals surface area contributed by atoms with Crippen LogP contribution < -0.4 is 4.74 Å². The lowest BCUT2D eigenvalue weighted by molar-refractivity contribution is 0.404. The van der Waals surface area contributed by atoms with E-state index in [1.54, 1.807) is 37.4 Å². The van der Waals surface area contributed by atoms with Gasteiger partial charge in [0.05, 0.1) is 24.8 Å². The van der Waals surface area contributed by atoms with Gasteiger partial charge in [0.1, 0.15) is 11.5 Å². The van der Waals surface area contributed by atoms with E-state index in [4.69, 9.17) is 9.15 Å². The average molecular weight is 309 g/mol. The first kappa shape index (κ1) is 15.6. The Morgan fingerprint density at radius 2 is 2.05 bits per heavy atom. The molecule has 0 aliphatic rings. The number of sulfonamides is 1. The van der Waals surface area contributed by atoms with Crippen molar-refractivity contribution in [2.45, 2.75) is 24.8 Å². The second-order valence-electron chi connectivity index (χ2n) is 4.67. The largest absolute Gasteiger partial charge is 0.496 e. The Kier molecular flexibility index (Phi) is 4.69. The third-order valence-corrected chi connectivity index (χ3v) is 5.10. The van der Waals surface area contributed by atoms with Crippen LogP contribution in [0.5, 0.6) is 5.75 Å². The lowest BCUT2D eigenvalue weighted by Crippen LogP contribution is -2.26. The van der Waals surface area contributed by atoms with Gasteiger partial charge in [0, 0.05) is 7.05 Å². The van der Waals surface area contributed by atoms with Crippen LogP contribution in [0.3, 0.4) is 0 Å². The molecule has 0 radical (unpaired) electrons. The zero-order chi connectivity index (χ0) is 15.5. The van der Waals surface area contributed by atoms with E-state index in [1.165, 1.54) is 17.6 Å². The number of benzene rings is 1. The third-order valence-electron chi connectivity index (χ3n) is 3.30. The highest BCUT2D eigenvalue weighted by Crippen LogP contribution is 2.25. The van der Waals surface area contributed by atoms with Gasteiger partial charge in [-0.15, -0.1) is 0 Å². The van der Waals surface area contributed by atoms with Gasteiger partial charge in [-0.25, -0.2) is 8.42 Å². The van der Waals surface area contributed by atoms with Gasteiger partial charge in [0.25, 0.3) is 0 Å². The molecule has 1 heterocycles. The number of hydrogen-bond donors (Lipinski definition) is 0. The zero-order valence-electron chi connectivity index (χ0n) is 12.4. The molecule has 0 saturated carbocycles. The molecular formula is C15H19NO4S. The van der Waals surface area contributed by atoms with E-state index in [0.29, 0.717) is 17.9 Å². The predicted octanol–water partition coefficient (Wildman–Crippen LogP) is 2.67. The zero-order valence-corrected chi connectivity index (χ0v) is 13.2. The minimum Gasteiger partial charge on any atom is -0.496 e. The Bertz CT molecular complexity index is 692. The summed E-state index contributed by atoms with van der Waals surface area (Å²) in [6, 6.07) is 8.39. The summed E-state index contributed by atoms with van der Waals surface area (Å²) in [6.07, 6.45) is 2.23. The van der Waals surface area contributed by atoms with E-state index in [2.05, 4.69) is 0 Å². The highest BCUT2D eigenvalue weighted by molar-refractivity contribution is 7.89. The molecule has 5 nitrogen and oxygen atoms in total. The third kappa shape index (κ3) is 3.28. The van der Waals surface area contributed by atoms with Crippen LogP contribution in [0.4, 0.5) is 0 Å². The Morgan fingerprint density at radius 1 is 1.29 bits per heavy atom. The molecule has 114 valence electrons. The quantitative estimate of drug-likeness (QED) is 0.823. The summed E-state index contributed by atoms with van der Waals surface area (Å²) < 4.78 is 36.8. The molecule has 2 aromatic rings. The first-order valence-electron chi connectivity index (χ1n) is 6.64. The van der Waals surface area contributed by atoms with E-state index >= 15 is 0 Å². The van der Waals surface area contributed by atoms with Crippen LogP contribution in [0.2, 0.25) is 0 Å². The standard InChI is InChI=1S/C15H19NO4S/c1-4-12-10-14(7-8-15(12)19-3)21(17,18)16(2)11-13-6-5-9-20-13/h5-10H,4,11H2,1-3H3. The van der Waals surface area contributed by atoms with Crippen LogP contribution in [0, 0.1) is 0 Å². The van der Waals surface area contributed by atoms with Crippen LogP contribution in [-0.2, 0) is 23.0 Å². The van der Waals surface area contributed by atoms with Crippen LogP contribution in [0.15, 0.2) is 45.9 Å². The fourth-order valence-corrected chi connectivity index (χ4v) is 3.27. The monoisotopic (exact) mass is 309 g/mol. The minimum atomic E-state index is -3.55. The molecule has 0 bridgehead atoms. The molecule has 1 aromatic heterocycles. The van der Waals surface area contributed by atoms with Crippen molar-refractivity contribution in [3.05, 3.63) is 47.9 Å². The van der Waals surface area contributed by atoms with Crippen LogP contribution in [0.25, 0.3) is 0 Å². The van der Waals surface area contributed by atoms with Crippen LogP contribution in [-0.4, -0.2) is 26.9 Å². The molecule has 0 unspecified atom stereocenters. The van der Waals surface area contributed by atoms with Crippen molar-refractivity contribution in [2.24, 2.45) is 0 Å². The van der Waals surface area contributed by atoms with Crippen molar-refractivity contribution in [3.63, 3.8) is 0 Å². The Hall–Kier alpha value is -1.79. The molecule has 21 heavy (non-hydrogen) atoms. The van der Waals surface area contributed by atoms with E-state index in [1.807, 2.05) is 6.92 Å². The molecule has 6 heteroatoms. The van der Waals surface area contributed by atoms with E-state index in [0.717, 1.165) is 5.56 Å². The van der Waals surface area contributed by atoms with Crippen molar-refractivity contribution in [2.75, 3.05) is 14.2 Å². The number of nitrogens with zero attached hydrogens (tertiary/aromatic N) is 1. The summed E-state index contributed by atoms with van der Waals surface area (Å²) in [5.41, 5.74) is 0.866. The lowest BCUT2D eigenvalue weighted by atomic mass is 10.1. The lowest BCUT2D eigenvalue weighted by Gasteiger charge is -2.17. The first-order chi connectivity index (χ1) is 9.98. The van der Waals surface area contributed by atoms with Crippen molar-refractivity contribution in [1.82, 2.24) is 4.31 Å². The molecule has 0 spiro atoms. The van der Waals surface area contributed by atoms with E-state index < -0.39 is 10.0 Å². The SMILES string of the molecule is CCc1cc(S(=O)(=O)N(C)Cc2ccco2)ccc1OC. The molecule has 0 N–H and O–H groups in total. The maximum atomic E-state index is 12.6. The van der Waals surface area contributed by atoms with Gasteiger partial charge in [0.15, 0.2) is 0 Å². The summed E-state index contributed by atoms with van der Waals surface area (Å²) >= 11 is 0. The topological polar surface area (TPSA) is 59.8 Å². The maximum Gasteiger partial charge on any atom is 0.243 e. The van der Waals surface area contributed by atoms with Gasteiger partial charge >= 0.3 is 0 Å². The van der Waals surface area contributed by atoms with Crippen molar-refractivity contribution in [3.8, 4) is 5.75 Å². The van der Waals surface area contributed by atoms with Gasteiger partial charge in [-0.3, -0.25) is 0 Å². The van der Waals surface area contributed by atoms with Crippen LogP contribution >= 0.6 is 0 Å². The molecule has 0 fully saturated rings. The van der Waals surface area contributed by atoms with Gasteiger partial charge in [0.2, 0.25) is 10.0 Å². The number of hydrogen-bond acceptors (Lipinski definition) is 4. The van der Waals surface area contributed by atoms with Gasteiger partial charge < -0.3 is 9.15 Å². The van der Waals surface area contributed by atoms with Crippen molar-refractivity contribution in [1.29, 1.82) is 0 Å². The van der Waals surface area contributed by atoms with E-state index in [9.17, 15) is 8.42 Å². The summed E-state index contributed by atoms with van der Waals surface area (Å²) in [6.45, 7) is 2.16. The average Bonchev–Trinajstić information content (AvgIpc) is 2.99. The maximum absolute atomic E-state index is 12.6. The first-order valence-corrected chi connectivity index (χ1v) is 8.08. The van der Waals surface area contributed by atoms with Crippen molar-refractivity contribution < 1.29 is 17.6 Å². The number of furan rings is 1. The molecule has 1 aromatic carbocycles.